The zero-order chi connectivity index (χ0) is 11.5. The van der Waals surface area contributed by atoms with E-state index >= 15 is 0 Å². The van der Waals surface area contributed by atoms with Crippen molar-refractivity contribution in [3.63, 3.8) is 0 Å². The van der Waals surface area contributed by atoms with Gasteiger partial charge < -0.3 is 4.90 Å². The van der Waals surface area contributed by atoms with Gasteiger partial charge in [-0.15, -0.1) is 12.4 Å². The second kappa shape index (κ2) is 5.89. The number of fused-ring (bicyclic) bond motifs is 1. The first-order valence-corrected chi connectivity index (χ1v) is 5.44. The third-order valence-corrected chi connectivity index (χ3v) is 2.61. The fourth-order valence-corrected chi connectivity index (χ4v) is 1.76. The maximum atomic E-state index is 6.13. The maximum absolute atomic E-state index is 6.13. The molecule has 0 bridgehead atoms. The lowest BCUT2D eigenvalue weighted by atomic mass is 10.1. The molecule has 0 spiro atoms. The Hall–Kier alpha value is -1.25. The highest BCUT2D eigenvalue weighted by atomic mass is 35.5. The van der Waals surface area contributed by atoms with Gasteiger partial charge in [0, 0.05) is 29.9 Å². The van der Waals surface area contributed by atoms with Gasteiger partial charge in [-0.05, 0) is 12.1 Å². The lowest BCUT2D eigenvalue weighted by molar-refractivity contribution is 0.643. The molecule has 0 aliphatic rings. The van der Waals surface area contributed by atoms with Crippen molar-refractivity contribution in [1.82, 2.24) is 4.90 Å². The standard InChI is InChI=1S/C13H13ClN2.ClH/c1-16(2)9-15-13-8-7-12(14)10-5-3-4-6-11(10)13;/h3-9H,1-2H3;1H. The molecule has 0 saturated heterocycles. The summed E-state index contributed by atoms with van der Waals surface area (Å²) in [6, 6.07) is 11.8. The lowest BCUT2D eigenvalue weighted by Gasteiger charge is -2.06. The van der Waals surface area contributed by atoms with E-state index in [2.05, 4.69) is 4.99 Å². The molecule has 0 radical (unpaired) electrons. The van der Waals surface area contributed by atoms with E-state index in [-0.39, 0.29) is 12.4 Å². The Bertz CT molecular complexity index is 536. The van der Waals surface area contributed by atoms with Crippen molar-refractivity contribution in [1.29, 1.82) is 0 Å². The van der Waals surface area contributed by atoms with E-state index in [4.69, 9.17) is 11.6 Å². The SMILES string of the molecule is CN(C)C=Nc1ccc(Cl)c2ccccc12.Cl. The molecule has 17 heavy (non-hydrogen) atoms. The molecule has 0 aromatic heterocycles. The normalized spacial score (nSPS) is 10.5. The van der Waals surface area contributed by atoms with Gasteiger partial charge in [0.25, 0.3) is 0 Å². The molecule has 2 aromatic carbocycles. The van der Waals surface area contributed by atoms with Crippen LogP contribution in [0.3, 0.4) is 0 Å². The minimum Gasteiger partial charge on any atom is -0.369 e. The summed E-state index contributed by atoms with van der Waals surface area (Å²) in [6.07, 6.45) is 1.79. The molecule has 2 aromatic rings. The van der Waals surface area contributed by atoms with Crippen LogP contribution in [0, 0.1) is 0 Å². The van der Waals surface area contributed by atoms with E-state index in [0.29, 0.717) is 0 Å². The number of hydrogen-bond acceptors (Lipinski definition) is 1. The molecule has 0 aliphatic carbocycles. The van der Waals surface area contributed by atoms with Crippen LogP contribution in [0.1, 0.15) is 0 Å². The maximum Gasteiger partial charge on any atom is 0.0907 e. The fourth-order valence-electron chi connectivity index (χ4n) is 1.54. The third kappa shape index (κ3) is 3.11. The molecule has 0 fully saturated rings. The van der Waals surface area contributed by atoms with E-state index in [1.165, 1.54) is 0 Å². The van der Waals surface area contributed by atoms with Gasteiger partial charge in [0.1, 0.15) is 0 Å². The third-order valence-electron chi connectivity index (χ3n) is 2.28. The first kappa shape index (κ1) is 13.8. The van der Waals surface area contributed by atoms with E-state index in [1.54, 1.807) is 6.34 Å². The Morgan fingerprint density at radius 3 is 2.35 bits per heavy atom. The molecule has 0 N–H and O–H groups in total. The lowest BCUT2D eigenvalue weighted by Crippen LogP contribution is -2.06. The van der Waals surface area contributed by atoms with Crippen molar-refractivity contribution < 1.29 is 0 Å². The van der Waals surface area contributed by atoms with Gasteiger partial charge in [0.15, 0.2) is 0 Å². The Kier molecular flexibility index (Phi) is 4.79. The highest BCUT2D eigenvalue weighted by molar-refractivity contribution is 6.36. The van der Waals surface area contributed by atoms with Crippen LogP contribution in [0.4, 0.5) is 5.69 Å². The van der Waals surface area contributed by atoms with Crippen molar-refractivity contribution in [2.45, 2.75) is 0 Å². The molecular weight excluding hydrogens is 255 g/mol. The first-order valence-electron chi connectivity index (χ1n) is 5.06. The van der Waals surface area contributed by atoms with E-state index < -0.39 is 0 Å². The van der Waals surface area contributed by atoms with Gasteiger partial charge in [-0.25, -0.2) is 4.99 Å². The average molecular weight is 269 g/mol. The van der Waals surface area contributed by atoms with Crippen LogP contribution in [0.5, 0.6) is 0 Å². The van der Waals surface area contributed by atoms with Gasteiger partial charge in [-0.1, -0.05) is 35.9 Å². The molecular formula is C13H14Cl2N2. The van der Waals surface area contributed by atoms with Crippen molar-refractivity contribution in [3.05, 3.63) is 41.4 Å². The molecule has 0 aliphatic heterocycles. The van der Waals surface area contributed by atoms with Crippen molar-refractivity contribution in [3.8, 4) is 0 Å². The van der Waals surface area contributed by atoms with Crippen LogP contribution in [0.2, 0.25) is 5.02 Å². The van der Waals surface area contributed by atoms with Gasteiger partial charge >= 0.3 is 0 Å². The van der Waals surface area contributed by atoms with Crippen LogP contribution in [0.15, 0.2) is 41.4 Å². The minimum absolute atomic E-state index is 0. The van der Waals surface area contributed by atoms with Crippen LogP contribution in [-0.4, -0.2) is 25.3 Å². The second-order valence-electron chi connectivity index (χ2n) is 3.82. The first-order chi connectivity index (χ1) is 7.68. The van der Waals surface area contributed by atoms with Crippen LogP contribution >= 0.6 is 24.0 Å². The summed E-state index contributed by atoms with van der Waals surface area (Å²) in [5.74, 6) is 0. The fraction of sp³-hybridized carbons (Fsp3) is 0.154. The summed E-state index contributed by atoms with van der Waals surface area (Å²) >= 11 is 6.13. The van der Waals surface area contributed by atoms with Gasteiger partial charge in [0.2, 0.25) is 0 Å². The summed E-state index contributed by atoms with van der Waals surface area (Å²) < 4.78 is 0. The predicted molar refractivity (Wildman–Crippen MR) is 78.0 cm³/mol. The molecule has 0 unspecified atom stereocenters. The van der Waals surface area contributed by atoms with Crippen molar-refractivity contribution >= 4 is 46.8 Å². The Morgan fingerprint density at radius 1 is 1.06 bits per heavy atom. The zero-order valence-corrected chi connectivity index (χ0v) is 11.3. The quantitative estimate of drug-likeness (QED) is 0.591. The van der Waals surface area contributed by atoms with Gasteiger partial charge in [-0.3, -0.25) is 0 Å². The summed E-state index contributed by atoms with van der Waals surface area (Å²) in [4.78, 5) is 6.32. The highest BCUT2D eigenvalue weighted by Gasteiger charge is 2.02. The number of benzene rings is 2. The molecule has 2 rings (SSSR count). The number of rotatable bonds is 2. The molecule has 4 heteroatoms. The average Bonchev–Trinajstić information content (AvgIpc) is 2.28. The molecule has 0 saturated carbocycles. The highest BCUT2D eigenvalue weighted by Crippen LogP contribution is 2.31. The summed E-state index contributed by atoms with van der Waals surface area (Å²) in [5, 5.41) is 2.88. The van der Waals surface area contributed by atoms with E-state index in [1.807, 2.05) is 55.4 Å². The molecule has 90 valence electrons. The minimum atomic E-state index is 0. The van der Waals surface area contributed by atoms with Gasteiger partial charge in [-0.2, -0.15) is 0 Å². The smallest absolute Gasteiger partial charge is 0.0907 e. The number of nitrogens with zero attached hydrogens (tertiary/aromatic N) is 2. The molecule has 0 atom stereocenters. The Morgan fingerprint density at radius 2 is 1.71 bits per heavy atom. The second-order valence-corrected chi connectivity index (χ2v) is 4.23. The van der Waals surface area contributed by atoms with Crippen molar-refractivity contribution in [2.24, 2.45) is 4.99 Å². The van der Waals surface area contributed by atoms with E-state index in [0.717, 1.165) is 21.5 Å². The van der Waals surface area contributed by atoms with E-state index in [9.17, 15) is 0 Å². The molecule has 0 heterocycles. The summed E-state index contributed by atoms with van der Waals surface area (Å²) in [5.41, 5.74) is 0.939. The van der Waals surface area contributed by atoms with Gasteiger partial charge in [0.05, 0.1) is 12.0 Å². The number of halogens is 2. The summed E-state index contributed by atoms with van der Waals surface area (Å²) in [7, 11) is 3.89. The zero-order valence-electron chi connectivity index (χ0n) is 9.72. The topological polar surface area (TPSA) is 15.6 Å². The summed E-state index contributed by atoms with van der Waals surface area (Å²) in [6.45, 7) is 0. The number of aliphatic imine (C=N–C) groups is 1. The Labute approximate surface area is 112 Å². The number of hydrogen-bond donors (Lipinski definition) is 0. The van der Waals surface area contributed by atoms with Crippen LogP contribution in [-0.2, 0) is 0 Å². The predicted octanol–water partition coefficient (Wildman–Crippen LogP) is 4.14. The molecule has 0 amide bonds. The largest absolute Gasteiger partial charge is 0.369 e. The monoisotopic (exact) mass is 268 g/mol. The molecule has 2 nitrogen and oxygen atoms in total. The Balaban J connectivity index is 0.00000144. The van der Waals surface area contributed by atoms with Crippen LogP contribution < -0.4 is 0 Å². The van der Waals surface area contributed by atoms with Crippen LogP contribution in [0.25, 0.3) is 10.8 Å². The van der Waals surface area contributed by atoms with Crippen molar-refractivity contribution in [2.75, 3.05) is 14.1 Å².